The van der Waals surface area contributed by atoms with Gasteiger partial charge in [0.15, 0.2) is 0 Å². The molecule has 1 aromatic carbocycles. The van der Waals surface area contributed by atoms with Crippen LogP contribution in [0.2, 0.25) is 0 Å². The summed E-state index contributed by atoms with van der Waals surface area (Å²) < 4.78 is 50.3. The summed E-state index contributed by atoms with van der Waals surface area (Å²) in [5.41, 5.74) is 5.01. The third kappa shape index (κ3) is 2.88. The Labute approximate surface area is 121 Å². The van der Waals surface area contributed by atoms with Crippen molar-refractivity contribution in [3.63, 3.8) is 0 Å². The van der Waals surface area contributed by atoms with Gasteiger partial charge >= 0.3 is 0 Å². The third-order valence-electron chi connectivity index (χ3n) is 3.32. The maximum absolute atomic E-state index is 14.1. The van der Waals surface area contributed by atoms with Crippen LogP contribution in [0.25, 0.3) is 0 Å². The third-order valence-corrected chi connectivity index (χ3v) is 4.34. The normalized spacial score (nSPS) is 27.6. The number of hydrogen-bond acceptors (Lipinski definition) is 5. The zero-order valence-corrected chi connectivity index (χ0v) is 11.5. The van der Waals surface area contributed by atoms with Gasteiger partial charge in [0.1, 0.15) is 17.2 Å². The molecule has 0 amide bonds. The van der Waals surface area contributed by atoms with Crippen LogP contribution >= 0.6 is 0 Å². The summed E-state index contributed by atoms with van der Waals surface area (Å²) in [5.74, 6) is -2.05. The van der Waals surface area contributed by atoms with E-state index in [1.165, 1.54) is 0 Å². The fraction of sp³-hybridized carbons (Fsp3) is 0.364. The second-order valence-corrected chi connectivity index (χ2v) is 5.63. The van der Waals surface area contributed by atoms with Crippen molar-refractivity contribution in [1.82, 2.24) is 10.8 Å². The summed E-state index contributed by atoms with van der Waals surface area (Å²) in [6, 6.07) is 2.67. The summed E-state index contributed by atoms with van der Waals surface area (Å²) in [6.07, 6.45) is 0. The lowest BCUT2D eigenvalue weighted by atomic mass is 9.88. The number of rotatable bonds is 3. The van der Waals surface area contributed by atoms with Crippen LogP contribution in [0, 0.1) is 11.6 Å². The first kappa shape index (κ1) is 15.8. The lowest BCUT2D eigenvalue weighted by molar-refractivity contribution is 0.230. The zero-order valence-electron chi connectivity index (χ0n) is 10.7. The molecule has 1 saturated heterocycles. The van der Waals surface area contributed by atoms with Gasteiger partial charge in [0.05, 0.1) is 5.25 Å². The molecular formula is C11H13F2N4O3S-. The van der Waals surface area contributed by atoms with Crippen molar-refractivity contribution in [3.8, 4) is 0 Å². The largest absolute Gasteiger partial charge is 0.772 e. The quantitative estimate of drug-likeness (QED) is 0.253. The molecule has 1 fully saturated rings. The standard InChI is InChI=1S/C11H14F2N4O3S/c12-6-1-2-8(13)7(3-6)11(16-10(14)17-18)5-15-4-9(11)21(19)20/h1-3,9,15,18H,4-5H2,(H,19,20)(H3,14,16,17)/p-1. The predicted molar refractivity (Wildman–Crippen MR) is 70.2 cm³/mol. The van der Waals surface area contributed by atoms with Gasteiger partial charge in [-0.05, 0) is 29.3 Å². The number of nitrogens with one attached hydrogen (secondary N) is 2. The number of guanidine groups is 1. The zero-order chi connectivity index (χ0) is 15.6. The number of aliphatic imine (C=N–C) groups is 1. The number of hydrogen-bond donors (Lipinski definition) is 4. The van der Waals surface area contributed by atoms with E-state index in [2.05, 4.69) is 10.3 Å². The molecule has 1 aromatic rings. The first-order valence-corrected chi connectivity index (χ1v) is 7.04. The van der Waals surface area contributed by atoms with Crippen LogP contribution in [0.5, 0.6) is 0 Å². The molecule has 0 saturated carbocycles. The Balaban J connectivity index is 2.66. The Kier molecular flexibility index (Phi) is 4.52. The number of hydroxylamine groups is 1. The van der Waals surface area contributed by atoms with E-state index in [-0.39, 0.29) is 18.7 Å². The molecule has 0 bridgehead atoms. The summed E-state index contributed by atoms with van der Waals surface area (Å²) in [7, 11) is 0. The molecule has 2 rings (SSSR count). The highest BCUT2D eigenvalue weighted by atomic mass is 32.2. The molecule has 0 aliphatic carbocycles. The monoisotopic (exact) mass is 319 g/mol. The molecule has 5 N–H and O–H groups in total. The second kappa shape index (κ2) is 6.02. The molecule has 21 heavy (non-hydrogen) atoms. The molecule has 0 aromatic heterocycles. The van der Waals surface area contributed by atoms with Gasteiger partial charge in [-0.15, -0.1) is 0 Å². The minimum Gasteiger partial charge on any atom is -0.772 e. The van der Waals surface area contributed by atoms with Gasteiger partial charge in [-0.2, -0.15) is 0 Å². The Bertz CT molecular complexity index is 601. The highest BCUT2D eigenvalue weighted by molar-refractivity contribution is 7.79. The van der Waals surface area contributed by atoms with Crippen molar-refractivity contribution in [2.24, 2.45) is 10.7 Å². The number of nitrogens with two attached hydrogens (primary N) is 1. The molecule has 7 nitrogen and oxygen atoms in total. The molecule has 1 aliphatic rings. The molecule has 0 radical (unpaired) electrons. The number of nitrogens with zero attached hydrogens (tertiary/aromatic N) is 1. The van der Waals surface area contributed by atoms with Crippen LogP contribution < -0.4 is 16.5 Å². The highest BCUT2D eigenvalue weighted by Gasteiger charge is 2.47. The Morgan fingerprint density at radius 2 is 2.33 bits per heavy atom. The van der Waals surface area contributed by atoms with Crippen LogP contribution in [0.3, 0.4) is 0 Å². The van der Waals surface area contributed by atoms with Crippen molar-refractivity contribution in [1.29, 1.82) is 0 Å². The molecule has 3 unspecified atom stereocenters. The first-order valence-electron chi connectivity index (χ1n) is 5.90. The molecule has 3 atom stereocenters. The molecule has 1 aliphatic heterocycles. The van der Waals surface area contributed by atoms with Crippen molar-refractivity contribution in [3.05, 3.63) is 35.4 Å². The molecular weight excluding hydrogens is 306 g/mol. The summed E-state index contributed by atoms with van der Waals surface area (Å²) in [5, 5.41) is 10.4. The van der Waals surface area contributed by atoms with E-state index in [1.807, 2.05) is 0 Å². The maximum Gasteiger partial charge on any atom is 0.213 e. The average molecular weight is 319 g/mol. The van der Waals surface area contributed by atoms with E-state index >= 15 is 0 Å². The minimum absolute atomic E-state index is 0.00568. The lowest BCUT2D eigenvalue weighted by Crippen LogP contribution is -2.44. The van der Waals surface area contributed by atoms with Crippen LogP contribution in [0.15, 0.2) is 23.2 Å². The van der Waals surface area contributed by atoms with E-state index < -0.39 is 39.5 Å². The second-order valence-electron chi connectivity index (χ2n) is 4.54. The van der Waals surface area contributed by atoms with Gasteiger partial charge in [-0.1, -0.05) is 0 Å². The molecule has 0 spiro atoms. The van der Waals surface area contributed by atoms with Gasteiger partial charge in [-0.25, -0.2) is 19.3 Å². The number of benzene rings is 1. The van der Waals surface area contributed by atoms with Crippen LogP contribution in [0.4, 0.5) is 8.78 Å². The minimum atomic E-state index is -2.62. The SMILES string of the molecule is NC(=NC1(c2cc(F)ccc2F)CNCC1S(=O)[O-])NO. The van der Waals surface area contributed by atoms with Crippen molar-refractivity contribution in [2.45, 2.75) is 10.8 Å². The van der Waals surface area contributed by atoms with Gasteiger partial charge < -0.3 is 15.6 Å². The van der Waals surface area contributed by atoms with E-state index in [0.29, 0.717) is 0 Å². The average Bonchev–Trinajstić information content (AvgIpc) is 2.86. The Morgan fingerprint density at radius 1 is 1.62 bits per heavy atom. The molecule has 1 heterocycles. The maximum atomic E-state index is 14.1. The van der Waals surface area contributed by atoms with Crippen LogP contribution in [0.1, 0.15) is 5.56 Å². The van der Waals surface area contributed by atoms with Crippen LogP contribution in [-0.4, -0.2) is 38.3 Å². The van der Waals surface area contributed by atoms with Crippen molar-refractivity contribution >= 4 is 17.0 Å². The van der Waals surface area contributed by atoms with Crippen molar-refractivity contribution in [2.75, 3.05) is 13.1 Å². The van der Waals surface area contributed by atoms with Crippen molar-refractivity contribution < 1.29 is 22.7 Å². The van der Waals surface area contributed by atoms with Gasteiger partial charge in [-0.3, -0.25) is 9.42 Å². The Hall–Kier alpha value is -1.62. The highest BCUT2D eigenvalue weighted by Crippen LogP contribution is 2.37. The van der Waals surface area contributed by atoms with Gasteiger partial charge in [0.25, 0.3) is 0 Å². The number of halogens is 2. The van der Waals surface area contributed by atoms with E-state index in [0.717, 1.165) is 18.2 Å². The van der Waals surface area contributed by atoms with E-state index in [9.17, 15) is 17.5 Å². The molecule has 10 heteroatoms. The van der Waals surface area contributed by atoms with Gasteiger partial charge in [0, 0.05) is 18.7 Å². The smallest absolute Gasteiger partial charge is 0.213 e. The van der Waals surface area contributed by atoms with Crippen LogP contribution in [-0.2, 0) is 16.6 Å². The molecule has 116 valence electrons. The first-order chi connectivity index (χ1) is 9.90. The fourth-order valence-electron chi connectivity index (χ4n) is 2.41. The summed E-state index contributed by atoms with van der Waals surface area (Å²) in [4.78, 5) is 3.87. The predicted octanol–water partition coefficient (Wildman–Crippen LogP) is -0.695. The lowest BCUT2D eigenvalue weighted by Gasteiger charge is -2.33. The Morgan fingerprint density at radius 3 is 2.95 bits per heavy atom. The van der Waals surface area contributed by atoms with Gasteiger partial charge in [0.2, 0.25) is 5.96 Å². The van der Waals surface area contributed by atoms with E-state index in [1.54, 1.807) is 5.48 Å². The summed E-state index contributed by atoms with van der Waals surface area (Å²) in [6.45, 7) is -0.0807. The summed E-state index contributed by atoms with van der Waals surface area (Å²) >= 11 is -2.62. The van der Waals surface area contributed by atoms with E-state index in [4.69, 9.17) is 10.9 Å². The topological polar surface area (TPSA) is 123 Å². The fourth-order valence-corrected chi connectivity index (χ4v) is 3.25.